The van der Waals surface area contributed by atoms with Gasteiger partial charge in [0.2, 0.25) is 10.0 Å². The molecule has 7 heteroatoms. The first-order valence-electron chi connectivity index (χ1n) is 7.96. The van der Waals surface area contributed by atoms with E-state index < -0.39 is 10.0 Å². The topological polar surface area (TPSA) is 75.7 Å². The molecule has 2 aromatic rings. The fourth-order valence-electron chi connectivity index (χ4n) is 2.71. The number of hydrogen-bond donors (Lipinski definition) is 1. The molecule has 1 atom stereocenters. The highest BCUT2D eigenvalue weighted by atomic mass is 32.2. The first-order chi connectivity index (χ1) is 11.9. The van der Waals surface area contributed by atoms with E-state index in [1.807, 2.05) is 37.3 Å². The average molecular weight is 360 g/mol. The number of rotatable bonds is 5. The van der Waals surface area contributed by atoms with Crippen LogP contribution in [0.3, 0.4) is 0 Å². The zero-order chi connectivity index (χ0) is 18.0. The summed E-state index contributed by atoms with van der Waals surface area (Å²) >= 11 is 0. The molecule has 0 aromatic heterocycles. The van der Waals surface area contributed by atoms with E-state index in [1.165, 1.54) is 16.4 Å². The van der Waals surface area contributed by atoms with E-state index in [0.29, 0.717) is 17.9 Å². The van der Waals surface area contributed by atoms with Gasteiger partial charge in [0.25, 0.3) is 5.91 Å². The van der Waals surface area contributed by atoms with E-state index in [4.69, 9.17) is 4.74 Å². The number of anilines is 1. The average Bonchev–Trinajstić information content (AvgIpc) is 2.61. The van der Waals surface area contributed by atoms with Crippen LogP contribution in [-0.4, -0.2) is 38.3 Å². The van der Waals surface area contributed by atoms with Gasteiger partial charge < -0.3 is 10.1 Å². The number of carbonyl (C=O) groups excluding carboxylic acids is 1. The van der Waals surface area contributed by atoms with Crippen LogP contribution >= 0.6 is 0 Å². The van der Waals surface area contributed by atoms with Gasteiger partial charge in [-0.2, -0.15) is 4.31 Å². The summed E-state index contributed by atoms with van der Waals surface area (Å²) in [6.07, 6.45) is 0.612. The van der Waals surface area contributed by atoms with Crippen molar-refractivity contribution in [1.82, 2.24) is 4.31 Å². The van der Waals surface area contributed by atoms with Crippen LogP contribution in [0.2, 0.25) is 0 Å². The van der Waals surface area contributed by atoms with Crippen molar-refractivity contribution in [3.63, 3.8) is 0 Å². The van der Waals surface area contributed by atoms with Gasteiger partial charge in [0.1, 0.15) is 5.75 Å². The lowest BCUT2D eigenvalue weighted by molar-refractivity contribution is -0.118. The molecule has 25 heavy (non-hydrogen) atoms. The number of sulfonamides is 1. The molecule has 1 amide bonds. The van der Waals surface area contributed by atoms with Crippen LogP contribution in [0.15, 0.2) is 53.4 Å². The Labute approximate surface area is 147 Å². The lowest BCUT2D eigenvalue weighted by Crippen LogP contribution is -2.36. The number of nitrogens with one attached hydrogen (secondary N) is 1. The molecule has 1 aliphatic rings. The Morgan fingerprint density at radius 3 is 2.64 bits per heavy atom. The highest BCUT2D eigenvalue weighted by molar-refractivity contribution is 7.89. The van der Waals surface area contributed by atoms with Crippen LogP contribution in [0, 0.1) is 0 Å². The second kappa shape index (κ2) is 6.85. The number of fused-ring (bicyclic) bond motifs is 1. The van der Waals surface area contributed by atoms with E-state index in [-0.39, 0.29) is 23.5 Å². The van der Waals surface area contributed by atoms with Crippen molar-refractivity contribution >= 4 is 21.6 Å². The number of ether oxygens (including phenoxy) is 1. The first kappa shape index (κ1) is 17.4. The second-order valence-electron chi connectivity index (χ2n) is 6.05. The van der Waals surface area contributed by atoms with Crippen molar-refractivity contribution in [2.75, 3.05) is 19.0 Å². The quantitative estimate of drug-likeness (QED) is 0.887. The van der Waals surface area contributed by atoms with Gasteiger partial charge in [-0.1, -0.05) is 30.3 Å². The Kier molecular flexibility index (Phi) is 4.78. The summed E-state index contributed by atoms with van der Waals surface area (Å²) in [4.78, 5) is 11.6. The van der Waals surface area contributed by atoms with Crippen molar-refractivity contribution in [2.24, 2.45) is 0 Å². The standard InChI is InChI=1S/C18H20N2O4S/c1-13(10-14-6-4-3-5-7-14)20(2)25(22,23)15-8-9-17-16(11-15)19-18(21)12-24-17/h3-9,11,13H,10,12H2,1-2H3,(H,19,21)/t13-/m0/s1. The molecule has 3 rings (SSSR count). The largest absolute Gasteiger partial charge is 0.482 e. The van der Waals surface area contributed by atoms with Crippen LogP contribution in [0.25, 0.3) is 0 Å². The molecule has 0 radical (unpaired) electrons. The van der Waals surface area contributed by atoms with Crippen LogP contribution in [0.5, 0.6) is 5.75 Å². The number of likely N-dealkylation sites (N-methyl/N-ethyl adjacent to an activating group) is 1. The minimum Gasteiger partial charge on any atom is -0.482 e. The number of amides is 1. The summed E-state index contributed by atoms with van der Waals surface area (Å²) in [5.41, 5.74) is 1.45. The van der Waals surface area contributed by atoms with Crippen molar-refractivity contribution in [3.8, 4) is 5.75 Å². The maximum absolute atomic E-state index is 12.9. The summed E-state index contributed by atoms with van der Waals surface area (Å²) in [7, 11) is -2.12. The molecule has 0 fully saturated rings. The smallest absolute Gasteiger partial charge is 0.262 e. The molecular weight excluding hydrogens is 340 g/mol. The van der Waals surface area contributed by atoms with Gasteiger partial charge in [-0.05, 0) is 37.1 Å². The summed E-state index contributed by atoms with van der Waals surface area (Å²) in [6.45, 7) is 1.81. The van der Waals surface area contributed by atoms with Crippen molar-refractivity contribution in [2.45, 2.75) is 24.3 Å². The Balaban J connectivity index is 1.83. The van der Waals surface area contributed by atoms with Crippen LogP contribution in [0.1, 0.15) is 12.5 Å². The molecule has 0 unspecified atom stereocenters. The van der Waals surface area contributed by atoms with Gasteiger partial charge in [0, 0.05) is 13.1 Å². The van der Waals surface area contributed by atoms with Crippen molar-refractivity contribution in [3.05, 3.63) is 54.1 Å². The fraction of sp³-hybridized carbons (Fsp3) is 0.278. The maximum Gasteiger partial charge on any atom is 0.262 e. The molecule has 1 N–H and O–H groups in total. The highest BCUT2D eigenvalue weighted by Crippen LogP contribution is 2.31. The molecule has 132 valence electrons. The first-order valence-corrected chi connectivity index (χ1v) is 9.40. The molecular formula is C18H20N2O4S. The third-order valence-electron chi connectivity index (χ3n) is 4.26. The number of hydrogen-bond acceptors (Lipinski definition) is 4. The minimum absolute atomic E-state index is 0.0624. The summed E-state index contributed by atoms with van der Waals surface area (Å²) < 4.78 is 32.4. The van der Waals surface area contributed by atoms with E-state index >= 15 is 0 Å². The molecule has 0 spiro atoms. The summed E-state index contributed by atoms with van der Waals surface area (Å²) in [6, 6.07) is 14.0. The molecule has 0 saturated carbocycles. The predicted octanol–water partition coefficient (Wildman–Crippen LogP) is 2.27. The van der Waals surface area contributed by atoms with Crippen LogP contribution in [0.4, 0.5) is 5.69 Å². The molecule has 1 aliphatic heterocycles. The molecule has 0 bridgehead atoms. The van der Waals surface area contributed by atoms with Gasteiger partial charge in [-0.25, -0.2) is 8.42 Å². The molecule has 6 nitrogen and oxygen atoms in total. The number of nitrogens with zero attached hydrogens (tertiary/aromatic N) is 1. The normalized spacial score (nSPS) is 15.2. The molecule has 2 aromatic carbocycles. The van der Waals surface area contributed by atoms with Gasteiger partial charge in [-0.15, -0.1) is 0 Å². The lowest BCUT2D eigenvalue weighted by Gasteiger charge is -2.25. The van der Waals surface area contributed by atoms with Crippen LogP contribution in [-0.2, 0) is 21.2 Å². The lowest BCUT2D eigenvalue weighted by atomic mass is 10.1. The SMILES string of the molecule is C[C@@H](Cc1ccccc1)N(C)S(=O)(=O)c1ccc2c(c1)NC(=O)CO2. The maximum atomic E-state index is 12.9. The monoisotopic (exact) mass is 360 g/mol. The zero-order valence-electron chi connectivity index (χ0n) is 14.1. The third kappa shape index (κ3) is 3.67. The van der Waals surface area contributed by atoms with Gasteiger partial charge in [0.05, 0.1) is 10.6 Å². The van der Waals surface area contributed by atoms with Crippen molar-refractivity contribution in [1.29, 1.82) is 0 Å². The van der Waals surface area contributed by atoms with Gasteiger partial charge >= 0.3 is 0 Å². The third-order valence-corrected chi connectivity index (χ3v) is 6.22. The Morgan fingerprint density at radius 1 is 1.20 bits per heavy atom. The molecule has 0 saturated heterocycles. The van der Waals surface area contributed by atoms with Gasteiger partial charge in [-0.3, -0.25) is 4.79 Å². The minimum atomic E-state index is -3.68. The second-order valence-corrected chi connectivity index (χ2v) is 8.05. The fourth-order valence-corrected chi connectivity index (χ4v) is 4.10. The van der Waals surface area contributed by atoms with E-state index in [2.05, 4.69) is 5.32 Å². The Hall–Kier alpha value is -2.38. The van der Waals surface area contributed by atoms with E-state index in [1.54, 1.807) is 13.1 Å². The van der Waals surface area contributed by atoms with E-state index in [0.717, 1.165) is 5.56 Å². The highest BCUT2D eigenvalue weighted by Gasteiger charge is 2.27. The molecule has 1 heterocycles. The van der Waals surface area contributed by atoms with Crippen molar-refractivity contribution < 1.29 is 17.9 Å². The predicted molar refractivity (Wildman–Crippen MR) is 95.1 cm³/mol. The van der Waals surface area contributed by atoms with Crippen LogP contribution < -0.4 is 10.1 Å². The summed E-state index contributed by atoms with van der Waals surface area (Å²) in [5.74, 6) is 0.173. The van der Waals surface area contributed by atoms with E-state index in [9.17, 15) is 13.2 Å². The zero-order valence-corrected chi connectivity index (χ0v) is 14.9. The summed E-state index contributed by atoms with van der Waals surface area (Å²) in [5, 5.41) is 2.63. The Morgan fingerprint density at radius 2 is 1.92 bits per heavy atom. The number of carbonyl (C=O) groups is 1. The molecule has 0 aliphatic carbocycles. The van der Waals surface area contributed by atoms with Gasteiger partial charge in [0.15, 0.2) is 6.61 Å². The number of benzene rings is 2. The Bertz CT molecular complexity index is 881.